The molecule has 1 aromatic heterocycles. The summed E-state index contributed by atoms with van der Waals surface area (Å²) in [4.78, 5) is 17.0. The van der Waals surface area contributed by atoms with E-state index in [2.05, 4.69) is 4.98 Å². The summed E-state index contributed by atoms with van der Waals surface area (Å²) in [5.74, 6) is 1.21. The summed E-state index contributed by atoms with van der Waals surface area (Å²) >= 11 is 0. The number of hydrogen-bond donors (Lipinski definition) is 0. The highest BCUT2D eigenvalue weighted by Gasteiger charge is 2.19. The van der Waals surface area contributed by atoms with Crippen molar-refractivity contribution >= 4 is 10.9 Å². The Morgan fingerprint density at radius 3 is 2.39 bits per heavy atom. The van der Waals surface area contributed by atoms with E-state index in [1.165, 1.54) is 32.2 Å². The summed E-state index contributed by atoms with van der Waals surface area (Å²) in [6, 6.07) is 1.62. The Morgan fingerprint density at radius 2 is 1.83 bits per heavy atom. The fourth-order valence-corrected chi connectivity index (χ4v) is 2.31. The zero-order valence-electron chi connectivity index (χ0n) is 14.1. The lowest BCUT2D eigenvalue weighted by Gasteiger charge is -2.15. The average molecular weight is 322 g/mol. The molecule has 0 saturated carbocycles. The van der Waals surface area contributed by atoms with Crippen LogP contribution in [0.4, 0.5) is 0 Å². The predicted octanol–water partition coefficient (Wildman–Crippen LogP) is 1.85. The molecule has 0 aliphatic carbocycles. The van der Waals surface area contributed by atoms with Gasteiger partial charge in [0.2, 0.25) is 5.75 Å². The molecule has 0 spiro atoms. The van der Waals surface area contributed by atoms with E-state index >= 15 is 0 Å². The van der Waals surface area contributed by atoms with Gasteiger partial charge < -0.3 is 18.9 Å². The normalized spacial score (nSPS) is 11.0. The smallest absolute Gasteiger partial charge is 0.261 e. The summed E-state index contributed by atoms with van der Waals surface area (Å²) in [6.45, 7) is 4.76. The molecule has 126 valence electrons. The van der Waals surface area contributed by atoms with Gasteiger partial charge in [-0.1, -0.05) is 0 Å². The summed E-state index contributed by atoms with van der Waals surface area (Å²) in [6.07, 6.45) is 1.60. The van der Waals surface area contributed by atoms with Gasteiger partial charge in [-0.3, -0.25) is 9.36 Å². The van der Waals surface area contributed by atoms with Gasteiger partial charge in [0.1, 0.15) is 5.52 Å². The van der Waals surface area contributed by atoms with Crippen LogP contribution in [0.5, 0.6) is 17.2 Å². The second kappa shape index (κ2) is 7.32. The topological polar surface area (TPSA) is 71.8 Å². The number of hydrogen-bond acceptors (Lipinski definition) is 6. The number of rotatable bonds is 7. The number of methoxy groups -OCH3 is 3. The predicted molar refractivity (Wildman–Crippen MR) is 86.7 cm³/mol. The highest BCUT2D eigenvalue weighted by atomic mass is 16.5. The maximum Gasteiger partial charge on any atom is 0.261 e. The minimum absolute atomic E-state index is 0.114. The van der Waals surface area contributed by atoms with E-state index in [9.17, 15) is 4.79 Å². The van der Waals surface area contributed by atoms with E-state index in [1.807, 2.05) is 13.8 Å². The minimum atomic E-state index is -0.179. The van der Waals surface area contributed by atoms with Crippen molar-refractivity contribution in [1.82, 2.24) is 9.55 Å². The SMILES string of the molecule is COc1cc2c(=O)n(CCOC(C)C)cnc2c(OC)c1OC. The van der Waals surface area contributed by atoms with Crippen molar-refractivity contribution in [1.29, 1.82) is 0 Å². The second-order valence-corrected chi connectivity index (χ2v) is 5.20. The van der Waals surface area contributed by atoms with E-state index in [-0.39, 0.29) is 11.7 Å². The number of nitrogens with zero attached hydrogens (tertiary/aromatic N) is 2. The van der Waals surface area contributed by atoms with E-state index in [0.29, 0.717) is 41.3 Å². The van der Waals surface area contributed by atoms with E-state index < -0.39 is 0 Å². The monoisotopic (exact) mass is 322 g/mol. The van der Waals surface area contributed by atoms with Crippen molar-refractivity contribution < 1.29 is 18.9 Å². The van der Waals surface area contributed by atoms with Gasteiger partial charge in [-0.25, -0.2) is 4.98 Å². The third-order valence-electron chi connectivity index (χ3n) is 3.40. The Balaban J connectivity index is 2.54. The standard InChI is InChI=1S/C16H22N2O5/c1-10(2)23-7-6-18-9-17-13-11(16(18)19)8-12(20-3)14(21-4)15(13)22-5/h8-10H,6-7H2,1-5H3. The zero-order valence-corrected chi connectivity index (χ0v) is 14.1. The van der Waals surface area contributed by atoms with Gasteiger partial charge in [0.15, 0.2) is 11.5 Å². The Bertz CT molecular complexity index is 739. The quantitative estimate of drug-likeness (QED) is 0.774. The Kier molecular flexibility index (Phi) is 5.44. The van der Waals surface area contributed by atoms with Crippen molar-refractivity contribution in [3.05, 3.63) is 22.7 Å². The van der Waals surface area contributed by atoms with Crippen LogP contribution < -0.4 is 19.8 Å². The first-order valence-corrected chi connectivity index (χ1v) is 7.33. The highest BCUT2D eigenvalue weighted by molar-refractivity contribution is 5.89. The Labute approximate surface area is 134 Å². The van der Waals surface area contributed by atoms with Crippen LogP contribution in [0.3, 0.4) is 0 Å². The summed E-state index contributed by atoms with van der Waals surface area (Å²) in [5.41, 5.74) is 0.262. The van der Waals surface area contributed by atoms with Crippen LogP contribution in [0.1, 0.15) is 13.8 Å². The Morgan fingerprint density at radius 1 is 1.13 bits per heavy atom. The molecule has 1 heterocycles. The molecule has 2 rings (SSSR count). The molecule has 0 atom stereocenters. The van der Waals surface area contributed by atoms with Gasteiger partial charge >= 0.3 is 0 Å². The lowest BCUT2D eigenvalue weighted by atomic mass is 10.2. The molecule has 23 heavy (non-hydrogen) atoms. The minimum Gasteiger partial charge on any atom is -0.493 e. The largest absolute Gasteiger partial charge is 0.493 e. The van der Waals surface area contributed by atoms with E-state index in [0.717, 1.165) is 0 Å². The van der Waals surface area contributed by atoms with Crippen LogP contribution >= 0.6 is 0 Å². The van der Waals surface area contributed by atoms with Gasteiger partial charge in [-0.05, 0) is 19.9 Å². The molecule has 7 heteroatoms. The molecule has 1 aromatic carbocycles. The number of aromatic nitrogens is 2. The molecule has 0 aliphatic rings. The van der Waals surface area contributed by atoms with E-state index in [1.54, 1.807) is 6.07 Å². The van der Waals surface area contributed by atoms with Gasteiger partial charge in [0.05, 0.1) is 52.3 Å². The molecule has 0 amide bonds. The third-order valence-corrected chi connectivity index (χ3v) is 3.40. The van der Waals surface area contributed by atoms with Gasteiger partial charge in [-0.2, -0.15) is 0 Å². The molecule has 0 saturated heterocycles. The average Bonchev–Trinajstić information content (AvgIpc) is 2.54. The first kappa shape index (κ1) is 17.1. The molecule has 7 nitrogen and oxygen atoms in total. The number of benzene rings is 1. The molecule has 0 unspecified atom stereocenters. The maximum atomic E-state index is 12.7. The van der Waals surface area contributed by atoms with Crippen LogP contribution in [0.25, 0.3) is 10.9 Å². The van der Waals surface area contributed by atoms with Crippen molar-refractivity contribution in [2.75, 3.05) is 27.9 Å². The van der Waals surface area contributed by atoms with Crippen LogP contribution in [-0.2, 0) is 11.3 Å². The number of ether oxygens (including phenoxy) is 4. The first-order valence-electron chi connectivity index (χ1n) is 7.33. The molecule has 0 N–H and O–H groups in total. The van der Waals surface area contributed by atoms with E-state index in [4.69, 9.17) is 18.9 Å². The molecule has 0 radical (unpaired) electrons. The molecule has 0 aliphatic heterocycles. The van der Waals surface area contributed by atoms with Crippen molar-refractivity contribution in [2.24, 2.45) is 0 Å². The van der Waals surface area contributed by atoms with Crippen LogP contribution in [0.2, 0.25) is 0 Å². The van der Waals surface area contributed by atoms with Gasteiger partial charge in [0, 0.05) is 0 Å². The number of fused-ring (bicyclic) bond motifs is 1. The van der Waals surface area contributed by atoms with Gasteiger partial charge in [-0.15, -0.1) is 0 Å². The first-order chi connectivity index (χ1) is 11.0. The Hall–Kier alpha value is -2.28. The molecule has 0 bridgehead atoms. The summed E-state index contributed by atoms with van der Waals surface area (Å²) in [5, 5.41) is 0.409. The fourth-order valence-electron chi connectivity index (χ4n) is 2.31. The molecule has 2 aromatic rings. The molecule has 0 fully saturated rings. The fraction of sp³-hybridized carbons (Fsp3) is 0.500. The summed E-state index contributed by atoms with van der Waals surface area (Å²) in [7, 11) is 4.52. The van der Waals surface area contributed by atoms with Crippen LogP contribution in [-0.4, -0.2) is 43.6 Å². The van der Waals surface area contributed by atoms with Crippen molar-refractivity contribution in [3.8, 4) is 17.2 Å². The second-order valence-electron chi connectivity index (χ2n) is 5.20. The zero-order chi connectivity index (χ0) is 17.0. The van der Waals surface area contributed by atoms with Crippen LogP contribution in [0.15, 0.2) is 17.2 Å². The van der Waals surface area contributed by atoms with Crippen molar-refractivity contribution in [3.63, 3.8) is 0 Å². The maximum absolute atomic E-state index is 12.7. The molecular formula is C16H22N2O5. The van der Waals surface area contributed by atoms with Gasteiger partial charge in [0.25, 0.3) is 5.56 Å². The lowest BCUT2D eigenvalue weighted by molar-refractivity contribution is 0.0722. The van der Waals surface area contributed by atoms with Crippen molar-refractivity contribution in [2.45, 2.75) is 26.5 Å². The third kappa shape index (κ3) is 3.39. The highest BCUT2D eigenvalue weighted by Crippen LogP contribution is 2.41. The lowest BCUT2D eigenvalue weighted by Crippen LogP contribution is -2.24. The van der Waals surface area contributed by atoms with Crippen LogP contribution in [0, 0.1) is 0 Å². The summed E-state index contributed by atoms with van der Waals surface area (Å²) < 4.78 is 22.9. The molecular weight excluding hydrogens is 300 g/mol.